The van der Waals surface area contributed by atoms with Crippen molar-refractivity contribution in [1.29, 1.82) is 0 Å². The van der Waals surface area contributed by atoms with Gasteiger partial charge in [0, 0.05) is 19.1 Å². The molecule has 1 aliphatic rings. The quantitative estimate of drug-likeness (QED) is 0.776. The van der Waals surface area contributed by atoms with Gasteiger partial charge in [-0.3, -0.25) is 0 Å². The maximum atomic E-state index is 12.9. The Morgan fingerprint density at radius 3 is 2.46 bits per heavy atom. The zero-order valence-electron chi connectivity index (χ0n) is 14.9. The molecule has 6 nitrogen and oxygen atoms in total. The van der Waals surface area contributed by atoms with Gasteiger partial charge in [0.25, 0.3) is 0 Å². The highest BCUT2D eigenvalue weighted by molar-refractivity contribution is 7.89. The van der Waals surface area contributed by atoms with Crippen molar-refractivity contribution in [3.63, 3.8) is 0 Å². The maximum Gasteiger partial charge on any atom is 0.244 e. The molecule has 24 heavy (non-hydrogen) atoms. The highest BCUT2D eigenvalue weighted by Gasteiger charge is 2.34. The highest BCUT2D eigenvalue weighted by atomic mass is 32.2. The fourth-order valence-electron chi connectivity index (χ4n) is 3.34. The van der Waals surface area contributed by atoms with E-state index < -0.39 is 10.0 Å². The van der Waals surface area contributed by atoms with Crippen molar-refractivity contribution in [1.82, 2.24) is 10.0 Å². The van der Waals surface area contributed by atoms with E-state index in [2.05, 4.69) is 10.0 Å². The van der Waals surface area contributed by atoms with Crippen LogP contribution in [0.4, 0.5) is 0 Å². The predicted octanol–water partition coefficient (Wildman–Crippen LogP) is 1.61. The Morgan fingerprint density at radius 1 is 1.21 bits per heavy atom. The maximum absolute atomic E-state index is 12.9. The molecule has 0 radical (unpaired) electrons. The van der Waals surface area contributed by atoms with Gasteiger partial charge in [0.1, 0.15) is 10.6 Å². The normalized spacial score (nSPS) is 17.7. The number of nitrogens with one attached hydrogen (secondary N) is 2. The van der Waals surface area contributed by atoms with E-state index in [4.69, 9.17) is 9.47 Å². The summed E-state index contributed by atoms with van der Waals surface area (Å²) in [7, 11) is -0.501. The van der Waals surface area contributed by atoms with Crippen molar-refractivity contribution in [2.75, 3.05) is 40.5 Å². The first kappa shape index (κ1) is 19.2. The highest BCUT2D eigenvalue weighted by Crippen LogP contribution is 2.31. The summed E-state index contributed by atoms with van der Waals surface area (Å²) in [6.07, 6.45) is 1.76. The number of sulfonamides is 1. The van der Waals surface area contributed by atoms with Crippen LogP contribution in [0.25, 0.3) is 0 Å². The van der Waals surface area contributed by atoms with Gasteiger partial charge < -0.3 is 14.8 Å². The third-order valence-electron chi connectivity index (χ3n) is 4.63. The summed E-state index contributed by atoms with van der Waals surface area (Å²) < 4.78 is 39.2. The van der Waals surface area contributed by atoms with Gasteiger partial charge in [0.05, 0.1) is 13.7 Å². The van der Waals surface area contributed by atoms with Crippen LogP contribution in [-0.4, -0.2) is 48.9 Å². The molecular formula is C17H28N2O4S. The van der Waals surface area contributed by atoms with E-state index in [1.807, 2.05) is 19.9 Å². The molecule has 1 aromatic rings. The molecule has 1 aliphatic heterocycles. The molecule has 7 heteroatoms. The molecule has 1 saturated heterocycles. The van der Waals surface area contributed by atoms with Gasteiger partial charge in [-0.2, -0.15) is 0 Å². The summed E-state index contributed by atoms with van der Waals surface area (Å²) in [4.78, 5) is 0.198. The Balaban J connectivity index is 2.25. The summed E-state index contributed by atoms with van der Waals surface area (Å²) in [6.45, 7) is 6.38. The number of ether oxygens (including phenoxy) is 2. The minimum absolute atomic E-state index is 0.167. The lowest BCUT2D eigenvalue weighted by atomic mass is 9.80. The number of aryl methyl sites for hydroxylation is 2. The number of rotatable bonds is 7. The second kappa shape index (κ2) is 7.82. The van der Waals surface area contributed by atoms with Crippen molar-refractivity contribution in [2.45, 2.75) is 31.6 Å². The molecule has 0 atom stereocenters. The molecule has 0 amide bonds. The second-order valence-corrected chi connectivity index (χ2v) is 8.36. The number of methoxy groups -OCH3 is 2. The lowest BCUT2D eigenvalue weighted by Crippen LogP contribution is -2.47. The summed E-state index contributed by atoms with van der Waals surface area (Å²) in [6, 6.07) is 3.57. The van der Waals surface area contributed by atoms with Crippen molar-refractivity contribution in [3.8, 4) is 5.75 Å². The summed E-state index contributed by atoms with van der Waals surface area (Å²) >= 11 is 0. The SMILES string of the molecule is COCC1(CNS(=O)(=O)c2cc(C)cc(C)c2OC)CCNCC1. The van der Waals surface area contributed by atoms with Crippen LogP contribution < -0.4 is 14.8 Å². The fraction of sp³-hybridized carbons (Fsp3) is 0.647. The zero-order valence-corrected chi connectivity index (χ0v) is 15.8. The monoisotopic (exact) mass is 356 g/mol. The Kier molecular flexibility index (Phi) is 6.25. The molecule has 2 rings (SSSR count). The van der Waals surface area contributed by atoms with Gasteiger partial charge in [-0.15, -0.1) is 0 Å². The predicted molar refractivity (Wildman–Crippen MR) is 94.1 cm³/mol. The average molecular weight is 356 g/mol. The summed E-state index contributed by atoms with van der Waals surface area (Å²) in [5.74, 6) is 0.402. The first-order valence-electron chi connectivity index (χ1n) is 8.18. The summed E-state index contributed by atoms with van der Waals surface area (Å²) in [5.41, 5.74) is 1.53. The smallest absolute Gasteiger partial charge is 0.244 e. The topological polar surface area (TPSA) is 76.7 Å². The van der Waals surface area contributed by atoms with Crippen LogP contribution in [0.15, 0.2) is 17.0 Å². The molecule has 0 aromatic heterocycles. The van der Waals surface area contributed by atoms with Crippen LogP contribution in [0.3, 0.4) is 0 Å². The van der Waals surface area contributed by atoms with Crippen LogP contribution in [0.1, 0.15) is 24.0 Å². The average Bonchev–Trinajstić information content (AvgIpc) is 2.54. The molecule has 0 bridgehead atoms. The number of piperidine rings is 1. The fourth-order valence-corrected chi connectivity index (χ4v) is 4.82. The van der Waals surface area contributed by atoms with Crippen LogP contribution >= 0.6 is 0 Å². The molecule has 0 unspecified atom stereocenters. The Hall–Kier alpha value is -1.15. The summed E-state index contributed by atoms with van der Waals surface area (Å²) in [5, 5.41) is 3.31. The van der Waals surface area contributed by atoms with E-state index in [1.54, 1.807) is 13.2 Å². The van der Waals surface area contributed by atoms with Gasteiger partial charge >= 0.3 is 0 Å². The molecule has 1 heterocycles. The van der Waals surface area contributed by atoms with E-state index in [-0.39, 0.29) is 10.3 Å². The van der Waals surface area contributed by atoms with Gasteiger partial charge in [-0.05, 0) is 57.0 Å². The molecule has 136 valence electrons. The van der Waals surface area contributed by atoms with E-state index in [9.17, 15) is 8.42 Å². The standard InChI is InChI=1S/C17H28N2O4S/c1-13-9-14(2)16(23-4)15(10-13)24(20,21)19-11-17(12-22-3)5-7-18-8-6-17/h9-10,18-19H,5-8,11-12H2,1-4H3. The molecule has 0 aliphatic carbocycles. The van der Waals surface area contributed by atoms with E-state index in [0.717, 1.165) is 37.1 Å². The molecule has 2 N–H and O–H groups in total. The largest absolute Gasteiger partial charge is 0.495 e. The first-order chi connectivity index (χ1) is 11.3. The van der Waals surface area contributed by atoms with E-state index in [0.29, 0.717) is 18.9 Å². The number of hydrogen-bond acceptors (Lipinski definition) is 5. The van der Waals surface area contributed by atoms with Crippen molar-refractivity contribution >= 4 is 10.0 Å². The van der Waals surface area contributed by atoms with Crippen molar-refractivity contribution in [2.24, 2.45) is 5.41 Å². The minimum atomic E-state index is -3.65. The van der Waals surface area contributed by atoms with Crippen molar-refractivity contribution in [3.05, 3.63) is 23.3 Å². The van der Waals surface area contributed by atoms with Crippen LogP contribution in [0, 0.1) is 19.3 Å². The molecule has 1 aromatic carbocycles. The Bertz CT molecular complexity index is 662. The lowest BCUT2D eigenvalue weighted by Gasteiger charge is -2.37. The third-order valence-corrected chi connectivity index (χ3v) is 6.04. The molecular weight excluding hydrogens is 328 g/mol. The first-order valence-corrected chi connectivity index (χ1v) is 9.66. The molecule has 1 fully saturated rings. The minimum Gasteiger partial charge on any atom is -0.495 e. The van der Waals surface area contributed by atoms with Gasteiger partial charge in [0.15, 0.2) is 0 Å². The molecule has 0 saturated carbocycles. The van der Waals surface area contributed by atoms with Gasteiger partial charge in [-0.1, -0.05) is 6.07 Å². The van der Waals surface area contributed by atoms with Crippen LogP contribution in [0.2, 0.25) is 0 Å². The number of benzene rings is 1. The van der Waals surface area contributed by atoms with Crippen LogP contribution in [0.5, 0.6) is 5.75 Å². The van der Waals surface area contributed by atoms with Gasteiger partial charge in [0.2, 0.25) is 10.0 Å². The van der Waals surface area contributed by atoms with E-state index >= 15 is 0 Å². The zero-order chi connectivity index (χ0) is 17.8. The molecule has 0 spiro atoms. The van der Waals surface area contributed by atoms with Crippen LogP contribution in [-0.2, 0) is 14.8 Å². The second-order valence-electron chi connectivity index (χ2n) is 6.62. The van der Waals surface area contributed by atoms with Gasteiger partial charge in [-0.25, -0.2) is 13.1 Å². The Labute approximate surface area is 145 Å². The third kappa shape index (κ3) is 4.27. The van der Waals surface area contributed by atoms with Crippen molar-refractivity contribution < 1.29 is 17.9 Å². The Morgan fingerprint density at radius 2 is 1.88 bits per heavy atom. The number of hydrogen-bond donors (Lipinski definition) is 2. The van der Waals surface area contributed by atoms with E-state index in [1.165, 1.54) is 7.11 Å². The lowest BCUT2D eigenvalue weighted by molar-refractivity contribution is 0.0577.